The molecule has 0 saturated carbocycles. The van der Waals surface area contributed by atoms with E-state index < -0.39 is 6.17 Å². The minimum absolute atomic E-state index is 0.404. The average molecular weight is 743 g/mol. The molecule has 4 nitrogen and oxygen atoms in total. The number of nitrogens with one attached hydrogen (secondary N) is 1. The van der Waals surface area contributed by atoms with Crippen LogP contribution in [0, 0.1) is 0 Å². The summed E-state index contributed by atoms with van der Waals surface area (Å²) < 4.78 is 0. The van der Waals surface area contributed by atoms with Crippen LogP contribution in [0.5, 0.6) is 0 Å². The first kappa shape index (κ1) is 39.8. The molecule has 0 radical (unpaired) electrons. The van der Waals surface area contributed by atoms with E-state index in [1.54, 1.807) is 0 Å². The van der Waals surface area contributed by atoms with E-state index in [-0.39, 0.29) is 0 Å². The summed E-state index contributed by atoms with van der Waals surface area (Å²) in [5.41, 5.74) is 13.6. The van der Waals surface area contributed by atoms with E-state index in [0.717, 1.165) is 84.3 Å². The Labute approximate surface area is 338 Å². The molecule has 1 unspecified atom stereocenters. The number of rotatable bonds is 11. The van der Waals surface area contributed by atoms with Crippen LogP contribution in [0.4, 0.5) is 0 Å². The van der Waals surface area contributed by atoms with Gasteiger partial charge >= 0.3 is 0 Å². The van der Waals surface area contributed by atoms with E-state index >= 15 is 0 Å². The van der Waals surface area contributed by atoms with Crippen molar-refractivity contribution in [3.8, 4) is 44.8 Å². The number of aromatic nitrogens is 1. The van der Waals surface area contributed by atoms with Crippen LogP contribution in [0.15, 0.2) is 210 Å². The predicted molar refractivity (Wildman–Crippen MR) is 245 cm³/mol. The Morgan fingerprint density at radius 3 is 1.75 bits per heavy atom. The van der Waals surface area contributed by atoms with E-state index in [4.69, 9.17) is 15.0 Å². The third-order valence-electron chi connectivity index (χ3n) is 9.53. The zero-order valence-corrected chi connectivity index (χ0v) is 33.5. The van der Waals surface area contributed by atoms with Gasteiger partial charge in [0.1, 0.15) is 11.7 Å². The maximum atomic E-state index is 5.17. The van der Waals surface area contributed by atoms with Gasteiger partial charge in [-0.3, -0.25) is 0 Å². The van der Waals surface area contributed by atoms with Crippen LogP contribution >= 0.6 is 0 Å². The molecule has 6 aromatic rings. The highest BCUT2D eigenvalue weighted by Gasteiger charge is 2.21. The molecule has 2 heterocycles. The van der Waals surface area contributed by atoms with Crippen LogP contribution in [0.3, 0.4) is 0 Å². The maximum absolute atomic E-state index is 5.17. The van der Waals surface area contributed by atoms with Crippen LogP contribution in [0.25, 0.3) is 50.3 Å². The molecule has 57 heavy (non-hydrogen) atoms. The standard InChI is InChI=1S/C51H44N4.C2H6/c1-5-9-19-36(7-3)38-28-30-40(31-29-38)48-35-46(34-47(52-48)39-20-12-10-13-21-39)44-26-16-24-42(32-44)43-25-17-27-45(33-43)51-54-49(37(8-4)18-6-2)53-50(55-51)41-22-14-11-15-23-41;1-2/h5-35,51H,3H2,1-2,4H3,(H,53,54,55);1-2H3/b9-5-,18-6-,36-19+,37-8+;. The Bertz CT molecular complexity index is 2480. The van der Waals surface area contributed by atoms with Crippen LogP contribution < -0.4 is 5.32 Å². The van der Waals surface area contributed by atoms with Crippen LogP contribution in [0.2, 0.25) is 0 Å². The smallest absolute Gasteiger partial charge is 0.169 e. The summed E-state index contributed by atoms with van der Waals surface area (Å²) in [6, 6.07) is 50.9. The monoisotopic (exact) mass is 742 g/mol. The fraction of sp³-hybridized carbons (Fsp3) is 0.113. The second kappa shape index (κ2) is 19.6. The summed E-state index contributed by atoms with van der Waals surface area (Å²) in [4.78, 5) is 15.4. The van der Waals surface area contributed by atoms with Crippen LogP contribution in [-0.4, -0.2) is 16.7 Å². The fourth-order valence-corrected chi connectivity index (χ4v) is 6.65. The zero-order valence-electron chi connectivity index (χ0n) is 33.5. The molecular formula is C53H50N4. The van der Waals surface area contributed by atoms with Crippen molar-refractivity contribution in [1.29, 1.82) is 0 Å². The minimum Gasteiger partial charge on any atom is -0.324 e. The largest absolute Gasteiger partial charge is 0.324 e. The van der Waals surface area contributed by atoms with Gasteiger partial charge in [0.15, 0.2) is 6.17 Å². The summed E-state index contributed by atoms with van der Waals surface area (Å²) in [5.74, 6) is 1.60. The lowest BCUT2D eigenvalue weighted by atomic mass is 9.95. The lowest BCUT2D eigenvalue weighted by Crippen LogP contribution is -2.36. The quantitative estimate of drug-likeness (QED) is 0.134. The van der Waals surface area contributed by atoms with Gasteiger partial charge in [-0.1, -0.05) is 184 Å². The molecule has 0 amide bonds. The summed E-state index contributed by atoms with van der Waals surface area (Å²) in [7, 11) is 0. The molecule has 0 bridgehead atoms. The van der Waals surface area contributed by atoms with Crippen LogP contribution in [0.1, 0.15) is 57.5 Å². The number of hydrogen-bond acceptors (Lipinski definition) is 4. The molecule has 1 aliphatic heterocycles. The lowest BCUT2D eigenvalue weighted by Gasteiger charge is -2.23. The molecule has 1 atom stereocenters. The van der Waals surface area contributed by atoms with Crippen molar-refractivity contribution < 1.29 is 0 Å². The third-order valence-corrected chi connectivity index (χ3v) is 9.53. The van der Waals surface area contributed by atoms with Crippen molar-refractivity contribution in [2.24, 2.45) is 9.98 Å². The summed E-state index contributed by atoms with van der Waals surface area (Å²) in [5, 5.41) is 3.49. The maximum Gasteiger partial charge on any atom is 0.169 e. The van der Waals surface area contributed by atoms with E-state index in [2.05, 4.69) is 151 Å². The van der Waals surface area contributed by atoms with Crippen molar-refractivity contribution in [2.45, 2.75) is 40.8 Å². The van der Waals surface area contributed by atoms with Crippen LogP contribution in [-0.2, 0) is 0 Å². The van der Waals surface area contributed by atoms with E-state index in [1.165, 1.54) is 0 Å². The molecular weight excluding hydrogens is 693 g/mol. The summed E-state index contributed by atoms with van der Waals surface area (Å²) in [6.45, 7) is 14.1. The number of amidine groups is 2. The van der Waals surface area contributed by atoms with Gasteiger partial charge in [0.25, 0.3) is 0 Å². The molecule has 282 valence electrons. The van der Waals surface area contributed by atoms with Crippen molar-refractivity contribution in [3.63, 3.8) is 0 Å². The van der Waals surface area contributed by atoms with E-state index in [0.29, 0.717) is 0 Å². The first-order valence-electron chi connectivity index (χ1n) is 19.7. The Kier molecular flexibility index (Phi) is 13.7. The number of allylic oxidation sites excluding steroid dienone is 7. The normalized spacial score (nSPS) is 14.4. The van der Waals surface area contributed by atoms with Gasteiger partial charge in [-0.25, -0.2) is 15.0 Å². The molecule has 1 aromatic heterocycles. The van der Waals surface area contributed by atoms with Crippen molar-refractivity contribution >= 4 is 17.2 Å². The van der Waals surface area contributed by atoms with Crippen molar-refractivity contribution in [2.75, 3.05) is 0 Å². The molecule has 0 aliphatic carbocycles. The highest BCUT2D eigenvalue weighted by Crippen LogP contribution is 2.34. The molecule has 1 aliphatic rings. The predicted octanol–water partition coefficient (Wildman–Crippen LogP) is 13.9. The van der Waals surface area contributed by atoms with Gasteiger partial charge in [0.05, 0.1) is 11.4 Å². The molecule has 7 rings (SSSR count). The molecule has 0 spiro atoms. The van der Waals surface area contributed by atoms with Gasteiger partial charge in [-0.15, -0.1) is 0 Å². The Morgan fingerprint density at radius 1 is 0.561 bits per heavy atom. The van der Waals surface area contributed by atoms with Gasteiger partial charge in [-0.05, 0) is 84.0 Å². The number of nitrogens with zero attached hydrogens (tertiary/aromatic N) is 3. The van der Waals surface area contributed by atoms with E-state index in [1.807, 2.05) is 83.2 Å². The lowest BCUT2D eigenvalue weighted by molar-refractivity contribution is 0.756. The van der Waals surface area contributed by atoms with Crippen molar-refractivity contribution in [1.82, 2.24) is 10.3 Å². The molecule has 0 fully saturated rings. The van der Waals surface area contributed by atoms with Crippen molar-refractivity contribution in [3.05, 3.63) is 217 Å². The fourth-order valence-electron chi connectivity index (χ4n) is 6.65. The van der Waals surface area contributed by atoms with Gasteiger partial charge in [-0.2, -0.15) is 0 Å². The number of pyridine rings is 1. The molecule has 4 heteroatoms. The SMILES string of the molecule is C=C/C(=C\C=C/C)c1ccc(-c2cc(-c3cccc(-c4cccc(C5N=C(C(/C=C\C)=C/C)NC(c6ccccc6)=N5)c4)c3)cc(-c3ccccc3)n2)cc1.CC. The third kappa shape index (κ3) is 9.67. The molecule has 0 saturated heterocycles. The average Bonchev–Trinajstić information content (AvgIpc) is 3.29. The minimum atomic E-state index is -0.404. The van der Waals surface area contributed by atoms with Gasteiger partial charge in [0.2, 0.25) is 0 Å². The number of hydrogen-bond donors (Lipinski definition) is 1. The first-order valence-corrected chi connectivity index (χ1v) is 19.7. The number of benzene rings is 5. The first-order chi connectivity index (χ1) is 28.1. The van der Waals surface area contributed by atoms with E-state index in [9.17, 15) is 0 Å². The summed E-state index contributed by atoms with van der Waals surface area (Å²) in [6.07, 6.45) is 13.8. The Morgan fingerprint density at radius 2 is 1.14 bits per heavy atom. The second-order valence-electron chi connectivity index (χ2n) is 13.2. The Balaban J connectivity index is 0.00000270. The summed E-state index contributed by atoms with van der Waals surface area (Å²) >= 11 is 0. The highest BCUT2D eigenvalue weighted by atomic mass is 15.2. The molecule has 5 aromatic carbocycles. The second-order valence-corrected chi connectivity index (χ2v) is 13.2. The topological polar surface area (TPSA) is 49.6 Å². The number of aliphatic imine (C=N–C) groups is 2. The van der Waals surface area contributed by atoms with Gasteiger partial charge in [0, 0.05) is 22.3 Å². The Hall–Kier alpha value is -6.91. The highest BCUT2D eigenvalue weighted by molar-refractivity contribution is 6.16. The molecule has 1 N–H and O–H groups in total. The zero-order chi connectivity index (χ0) is 40.0. The van der Waals surface area contributed by atoms with Gasteiger partial charge < -0.3 is 5.32 Å².